The molecule has 6 nitrogen and oxygen atoms in total. The monoisotopic (exact) mass is 270 g/mol. The van der Waals surface area contributed by atoms with E-state index in [1.54, 1.807) is 12.3 Å². The van der Waals surface area contributed by atoms with Gasteiger partial charge in [0.2, 0.25) is 5.16 Å². The average molecular weight is 270 g/mol. The Morgan fingerprint density at radius 1 is 1.21 bits per heavy atom. The molecule has 19 heavy (non-hydrogen) atoms. The average Bonchev–Trinajstić information content (AvgIpc) is 2.83. The molecule has 3 aromatic rings. The van der Waals surface area contributed by atoms with E-state index >= 15 is 0 Å². The molecule has 0 saturated carbocycles. The van der Waals surface area contributed by atoms with Crippen molar-refractivity contribution < 1.29 is 0 Å². The molecule has 3 N–H and O–H groups in total. The summed E-state index contributed by atoms with van der Waals surface area (Å²) in [6, 6.07) is 9.36. The van der Waals surface area contributed by atoms with E-state index < -0.39 is 0 Å². The van der Waals surface area contributed by atoms with E-state index in [2.05, 4.69) is 15.2 Å². The van der Waals surface area contributed by atoms with Gasteiger partial charge in [-0.15, -0.1) is 10.2 Å². The van der Waals surface area contributed by atoms with Crippen LogP contribution in [0.5, 0.6) is 0 Å². The van der Waals surface area contributed by atoms with Crippen molar-refractivity contribution in [2.24, 2.45) is 5.73 Å². The van der Waals surface area contributed by atoms with E-state index in [0.29, 0.717) is 10.9 Å². The zero-order chi connectivity index (χ0) is 13.2. The molecule has 3 rings (SSSR count). The number of nitrogen functional groups attached to an aromatic ring is 1. The number of pyridine rings is 2. The van der Waals surface area contributed by atoms with E-state index in [0.717, 1.165) is 10.5 Å². The van der Waals surface area contributed by atoms with Crippen LogP contribution in [-0.2, 0) is 0 Å². The van der Waals surface area contributed by atoms with E-state index in [1.165, 1.54) is 11.8 Å². The zero-order valence-electron chi connectivity index (χ0n) is 9.82. The maximum absolute atomic E-state index is 7.53. The molecule has 0 aliphatic heterocycles. The van der Waals surface area contributed by atoms with Crippen molar-refractivity contribution in [2.75, 3.05) is 0 Å². The summed E-state index contributed by atoms with van der Waals surface area (Å²) in [7, 11) is 0. The molecular weight excluding hydrogens is 260 g/mol. The molecule has 3 aromatic heterocycles. The summed E-state index contributed by atoms with van der Waals surface area (Å²) >= 11 is 1.38. The molecule has 0 aliphatic carbocycles. The van der Waals surface area contributed by atoms with Gasteiger partial charge in [-0.1, -0.05) is 6.07 Å². The van der Waals surface area contributed by atoms with E-state index in [-0.39, 0.29) is 5.84 Å². The first-order valence-corrected chi connectivity index (χ1v) is 6.34. The highest BCUT2D eigenvalue weighted by molar-refractivity contribution is 7.99. The van der Waals surface area contributed by atoms with Crippen LogP contribution in [0.2, 0.25) is 0 Å². The van der Waals surface area contributed by atoms with Crippen LogP contribution >= 0.6 is 11.8 Å². The van der Waals surface area contributed by atoms with Gasteiger partial charge in [-0.3, -0.25) is 14.8 Å². The number of fused-ring (bicyclic) bond motifs is 1. The Morgan fingerprint density at radius 3 is 2.95 bits per heavy atom. The Balaban J connectivity index is 2.04. The summed E-state index contributed by atoms with van der Waals surface area (Å²) in [6.07, 6.45) is 3.50. The Morgan fingerprint density at radius 2 is 2.11 bits per heavy atom. The summed E-state index contributed by atoms with van der Waals surface area (Å²) in [5.74, 6) is -0.0584. The number of rotatable bonds is 3. The van der Waals surface area contributed by atoms with Crippen LogP contribution in [-0.4, -0.2) is 25.4 Å². The molecule has 0 aliphatic rings. The number of aromatic nitrogens is 4. The Labute approximate surface area is 113 Å². The molecule has 94 valence electrons. The predicted molar refractivity (Wildman–Crippen MR) is 72.4 cm³/mol. The van der Waals surface area contributed by atoms with Crippen molar-refractivity contribution in [1.29, 1.82) is 5.41 Å². The van der Waals surface area contributed by atoms with Gasteiger partial charge in [0.1, 0.15) is 11.5 Å². The lowest BCUT2D eigenvalue weighted by atomic mass is 10.3. The lowest BCUT2D eigenvalue weighted by Gasteiger charge is -2.04. The molecule has 0 aromatic carbocycles. The molecule has 0 radical (unpaired) electrons. The molecule has 7 heteroatoms. The Kier molecular flexibility index (Phi) is 2.88. The third-order valence-electron chi connectivity index (χ3n) is 2.51. The standard InChI is InChI=1S/C12H10N6S/c13-11(14)10-8(4-3-6-15-10)19-12-17-16-9-5-1-2-7-18(9)12/h1-7H,(H3,13,14). The fourth-order valence-electron chi connectivity index (χ4n) is 1.66. The van der Waals surface area contributed by atoms with E-state index in [1.807, 2.05) is 34.9 Å². The number of nitrogens with two attached hydrogens (primary N) is 1. The number of nitrogens with zero attached hydrogens (tertiary/aromatic N) is 4. The van der Waals surface area contributed by atoms with Crippen LogP contribution in [0, 0.1) is 5.41 Å². The fraction of sp³-hybridized carbons (Fsp3) is 0. The molecule has 0 fully saturated rings. The van der Waals surface area contributed by atoms with Crippen LogP contribution < -0.4 is 5.73 Å². The molecule has 0 amide bonds. The van der Waals surface area contributed by atoms with Gasteiger partial charge in [0.15, 0.2) is 5.65 Å². The lowest BCUT2D eigenvalue weighted by molar-refractivity contribution is 0.920. The first kappa shape index (κ1) is 11.7. The molecule has 0 unspecified atom stereocenters. The van der Waals surface area contributed by atoms with Crippen molar-refractivity contribution in [3.63, 3.8) is 0 Å². The largest absolute Gasteiger partial charge is 0.382 e. The van der Waals surface area contributed by atoms with Crippen molar-refractivity contribution in [1.82, 2.24) is 19.6 Å². The summed E-state index contributed by atoms with van der Waals surface area (Å²) in [6.45, 7) is 0. The second-order valence-corrected chi connectivity index (χ2v) is 4.79. The Hall–Kier alpha value is -2.41. The first-order chi connectivity index (χ1) is 9.25. The number of amidine groups is 1. The lowest BCUT2D eigenvalue weighted by Crippen LogP contribution is -2.14. The smallest absolute Gasteiger partial charge is 0.200 e. The highest BCUT2D eigenvalue weighted by atomic mass is 32.2. The minimum atomic E-state index is -0.0584. The molecule has 0 saturated heterocycles. The predicted octanol–water partition coefficient (Wildman–Crippen LogP) is 1.56. The van der Waals surface area contributed by atoms with Crippen molar-refractivity contribution >= 4 is 23.2 Å². The SMILES string of the molecule is N=C(N)c1ncccc1Sc1nnc2ccccn12. The summed E-state index contributed by atoms with van der Waals surface area (Å²) in [4.78, 5) is 4.90. The minimum Gasteiger partial charge on any atom is -0.382 e. The first-order valence-electron chi connectivity index (χ1n) is 5.53. The van der Waals surface area contributed by atoms with Gasteiger partial charge in [-0.2, -0.15) is 0 Å². The Bertz CT molecular complexity index is 751. The normalized spacial score (nSPS) is 10.7. The summed E-state index contributed by atoms with van der Waals surface area (Å²) < 4.78 is 1.88. The van der Waals surface area contributed by atoms with Gasteiger partial charge in [0.05, 0.1) is 0 Å². The van der Waals surface area contributed by atoms with E-state index in [9.17, 15) is 0 Å². The van der Waals surface area contributed by atoms with Gasteiger partial charge in [0.25, 0.3) is 0 Å². The molecule has 0 spiro atoms. The second-order valence-electron chi connectivity index (χ2n) is 3.78. The van der Waals surface area contributed by atoms with Crippen molar-refractivity contribution in [3.05, 3.63) is 48.4 Å². The van der Waals surface area contributed by atoms with Crippen molar-refractivity contribution in [3.8, 4) is 0 Å². The maximum Gasteiger partial charge on any atom is 0.200 e. The minimum absolute atomic E-state index is 0.0584. The summed E-state index contributed by atoms with van der Waals surface area (Å²) in [5, 5.41) is 16.4. The van der Waals surface area contributed by atoms with Crippen molar-refractivity contribution in [2.45, 2.75) is 10.1 Å². The van der Waals surface area contributed by atoms with Crippen LogP contribution in [0.1, 0.15) is 5.69 Å². The number of hydrogen-bond acceptors (Lipinski definition) is 5. The van der Waals surface area contributed by atoms with Gasteiger partial charge >= 0.3 is 0 Å². The number of hydrogen-bond donors (Lipinski definition) is 2. The van der Waals surface area contributed by atoms with Gasteiger partial charge < -0.3 is 5.73 Å². The quantitative estimate of drug-likeness (QED) is 0.556. The third kappa shape index (κ3) is 2.15. The molecule has 0 atom stereocenters. The molecular formula is C12H10N6S. The van der Waals surface area contributed by atoms with E-state index in [4.69, 9.17) is 11.1 Å². The zero-order valence-corrected chi connectivity index (χ0v) is 10.6. The number of nitrogens with one attached hydrogen (secondary N) is 1. The fourth-order valence-corrected chi connectivity index (χ4v) is 2.60. The van der Waals surface area contributed by atoms with Crippen LogP contribution in [0.25, 0.3) is 5.65 Å². The summed E-state index contributed by atoms with van der Waals surface area (Å²) in [5.41, 5.74) is 6.76. The third-order valence-corrected chi connectivity index (χ3v) is 3.52. The van der Waals surface area contributed by atoms with Crippen LogP contribution in [0.4, 0.5) is 0 Å². The highest BCUT2D eigenvalue weighted by Gasteiger charge is 2.12. The topological polar surface area (TPSA) is 93.0 Å². The van der Waals surface area contributed by atoms with Crippen LogP contribution in [0.3, 0.4) is 0 Å². The molecule has 3 heterocycles. The highest BCUT2D eigenvalue weighted by Crippen LogP contribution is 2.28. The second kappa shape index (κ2) is 4.69. The molecule has 0 bridgehead atoms. The van der Waals surface area contributed by atoms with Gasteiger partial charge in [-0.25, -0.2) is 0 Å². The maximum atomic E-state index is 7.53. The van der Waals surface area contributed by atoms with Crippen LogP contribution in [0.15, 0.2) is 52.8 Å². The van der Waals surface area contributed by atoms with Gasteiger partial charge in [-0.05, 0) is 36.0 Å². The van der Waals surface area contributed by atoms with Gasteiger partial charge in [0, 0.05) is 17.3 Å².